The number of methoxy groups -OCH3 is 1. The Kier molecular flexibility index (Phi) is 4.30. The molecular formula is C16H24BNO4. The second-order valence-electron chi connectivity index (χ2n) is 6.59. The van der Waals surface area contributed by atoms with Crippen molar-refractivity contribution in [2.75, 3.05) is 7.11 Å². The average molecular weight is 305 g/mol. The Bertz CT molecular complexity index is 673. The second-order valence-corrected chi connectivity index (χ2v) is 6.59. The highest BCUT2D eigenvalue weighted by molar-refractivity contribution is 6.59. The highest BCUT2D eigenvalue weighted by Crippen LogP contribution is 2.26. The van der Waals surface area contributed by atoms with E-state index in [1.54, 1.807) is 34.8 Å². The van der Waals surface area contributed by atoms with E-state index in [1.165, 1.54) is 0 Å². The van der Waals surface area contributed by atoms with Gasteiger partial charge in [0.15, 0.2) is 0 Å². The van der Waals surface area contributed by atoms with Crippen LogP contribution >= 0.6 is 0 Å². The lowest BCUT2D eigenvalue weighted by molar-refractivity contribution is -0.0984. The fourth-order valence-corrected chi connectivity index (χ4v) is 2.20. The molecular weight excluding hydrogens is 281 g/mol. The lowest BCUT2D eigenvalue weighted by atomic mass is 9.80. The molecule has 120 valence electrons. The number of fused-ring (bicyclic) bond motifs is 1. The minimum absolute atomic E-state index is 0.626. The monoisotopic (exact) mass is 305 g/mol. The molecule has 1 aromatic carbocycles. The predicted molar refractivity (Wildman–Crippen MR) is 88.5 cm³/mol. The fraction of sp³-hybridized carbons (Fsp3) is 0.500. The van der Waals surface area contributed by atoms with Gasteiger partial charge in [-0.25, -0.2) is 0 Å². The summed E-state index contributed by atoms with van der Waals surface area (Å²) in [5, 5.41) is 21.6. The van der Waals surface area contributed by atoms with Gasteiger partial charge in [-0.2, -0.15) is 0 Å². The van der Waals surface area contributed by atoms with Gasteiger partial charge in [0, 0.05) is 23.5 Å². The van der Waals surface area contributed by atoms with Crippen LogP contribution in [0.4, 0.5) is 0 Å². The topological polar surface area (TPSA) is 63.9 Å². The van der Waals surface area contributed by atoms with Crippen LogP contribution in [0.1, 0.15) is 27.7 Å². The van der Waals surface area contributed by atoms with Crippen molar-refractivity contribution in [3.8, 4) is 5.75 Å². The van der Waals surface area contributed by atoms with E-state index in [1.807, 2.05) is 35.9 Å². The van der Waals surface area contributed by atoms with Gasteiger partial charge in [0.1, 0.15) is 5.75 Å². The van der Waals surface area contributed by atoms with Crippen molar-refractivity contribution in [1.82, 2.24) is 4.57 Å². The number of aromatic nitrogens is 1. The van der Waals surface area contributed by atoms with Crippen LogP contribution in [-0.4, -0.2) is 40.1 Å². The van der Waals surface area contributed by atoms with Crippen molar-refractivity contribution in [2.45, 2.75) is 38.9 Å². The molecule has 0 aliphatic carbocycles. The van der Waals surface area contributed by atoms with E-state index >= 15 is 0 Å². The smallest absolute Gasteiger partial charge is 0.497 e. The Morgan fingerprint density at radius 3 is 2.32 bits per heavy atom. The third kappa shape index (κ3) is 3.00. The van der Waals surface area contributed by atoms with Gasteiger partial charge in [-0.1, -0.05) is 0 Å². The van der Waals surface area contributed by atoms with Crippen LogP contribution in [0, 0.1) is 0 Å². The van der Waals surface area contributed by atoms with Gasteiger partial charge < -0.3 is 24.1 Å². The van der Waals surface area contributed by atoms with E-state index in [9.17, 15) is 10.1 Å². The molecule has 2 aromatic rings. The first-order valence-corrected chi connectivity index (χ1v) is 7.28. The van der Waals surface area contributed by atoms with Gasteiger partial charge in [-0.15, -0.1) is 0 Å². The molecule has 22 heavy (non-hydrogen) atoms. The maximum Gasteiger partial charge on any atom is 0.509 e. The molecule has 0 unspecified atom stereocenters. The highest BCUT2D eigenvalue weighted by Gasteiger charge is 2.40. The summed E-state index contributed by atoms with van der Waals surface area (Å²) in [4.78, 5) is 0. The minimum Gasteiger partial charge on any atom is -0.497 e. The SMILES string of the molecule is COc1ccc2c(c1)cc(B(O)OC(C)(C)C(C)(C)O)n2C. The van der Waals surface area contributed by atoms with E-state index in [4.69, 9.17) is 9.39 Å². The number of hydrogen-bond acceptors (Lipinski definition) is 4. The molecule has 5 nitrogen and oxygen atoms in total. The first kappa shape index (κ1) is 16.9. The molecule has 0 spiro atoms. The Labute approximate surface area is 131 Å². The van der Waals surface area contributed by atoms with Gasteiger partial charge in [-0.05, 0) is 52.0 Å². The number of benzene rings is 1. The molecule has 1 aromatic heterocycles. The molecule has 0 saturated heterocycles. The molecule has 0 saturated carbocycles. The van der Waals surface area contributed by atoms with Crippen LogP contribution in [0.5, 0.6) is 5.75 Å². The molecule has 0 atom stereocenters. The largest absolute Gasteiger partial charge is 0.509 e. The number of nitrogens with zero attached hydrogens (tertiary/aromatic N) is 1. The Morgan fingerprint density at radius 1 is 1.14 bits per heavy atom. The van der Waals surface area contributed by atoms with Crippen molar-refractivity contribution in [3.63, 3.8) is 0 Å². The number of ether oxygens (including phenoxy) is 1. The number of hydrogen-bond donors (Lipinski definition) is 2. The molecule has 6 heteroatoms. The highest BCUT2D eigenvalue weighted by atomic mass is 16.5. The van der Waals surface area contributed by atoms with Crippen LogP contribution in [0.2, 0.25) is 0 Å². The van der Waals surface area contributed by atoms with Gasteiger partial charge in [-0.3, -0.25) is 0 Å². The summed E-state index contributed by atoms with van der Waals surface area (Å²) < 4.78 is 12.8. The molecule has 1 heterocycles. The summed E-state index contributed by atoms with van der Waals surface area (Å²) in [7, 11) is 2.35. The van der Waals surface area contributed by atoms with Crippen LogP contribution < -0.4 is 10.3 Å². The summed E-state index contributed by atoms with van der Waals surface area (Å²) >= 11 is 0. The molecule has 0 aliphatic rings. The summed E-state index contributed by atoms with van der Waals surface area (Å²) in [5.41, 5.74) is -0.386. The van der Waals surface area contributed by atoms with E-state index in [-0.39, 0.29) is 0 Å². The average Bonchev–Trinajstić information content (AvgIpc) is 2.74. The summed E-state index contributed by atoms with van der Waals surface area (Å²) in [6.07, 6.45) is 0. The van der Waals surface area contributed by atoms with Crippen molar-refractivity contribution in [1.29, 1.82) is 0 Å². The molecule has 0 fully saturated rings. The predicted octanol–water partition coefficient (Wildman–Crippen LogP) is 1.44. The lowest BCUT2D eigenvalue weighted by Gasteiger charge is -2.38. The van der Waals surface area contributed by atoms with Gasteiger partial charge >= 0.3 is 7.12 Å². The Morgan fingerprint density at radius 2 is 1.77 bits per heavy atom. The molecule has 0 amide bonds. The van der Waals surface area contributed by atoms with Crippen molar-refractivity contribution in [3.05, 3.63) is 24.3 Å². The van der Waals surface area contributed by atoms with Crippen molar-refractivity contribution < 1.29 is 19.5 Å². The summed E-state index contributed by atoms with van der Waals surface area (Å²) in [6.45, 7) is 6.82. The van der Waals surface area contributed by atoms with E-state index in [2.05, 4.69) is 0 Å². The number of aryl methyl sites for hydroxylation is 1. The second kappa shape index (κ2) is 5.61. The zero-order chi connectivity index (χ0) is 16.7. The standard InChI is InChI=1S/C16H24BNO4/c1-15(2,19)16(3,4)22-17(20)14-10-11-9-12(21-6)7-8-13(11)18(14)5/h7-10,19-20H,1-6H3. The van der Waals surface area contributed by atoms with Gasteiger partial charge in [0.05, 0.1) is 18.3 Å². The molecule has 2 rings (SSSR count). The maximum absolute atomic E-state index is 10.4. The first-order chi connectivity index (χ1) is 10.1. The lowest BCUT2D eigenvalue weighted by Crippen LogP contribution is -2.54. The van der Waals surface area contributed by atoms with Crippen LogP contribution in [0.15, 0.2) is 24.3 Å². The van der Waals surface area contributed by atoms with E-state index < -0.39 is 18.3 Å². The van der Waals surface area contributed by atoms with Crippen molar-refractivity contribution in [2.24, 2.45) is 7.05 Å². The van der Waals surface area contributed by atoms with Gasteiger partial charge in [0.2, 0.25) is 0 Å². The summed E-state index contributed by atoms with van der Waals surface area (Å²) in [6, 6.07) is 7.58. The number of rotatable bonds is 5. The van der Waals surface area contributed by atoms with Crippen LogP contribution in [0.3, 0.4) is 0 Å². The Hall–Kier alpha value is -1.50. The normalized spacial score (nSPS) is 12.7. The zero-order valence-corrected chi connectivity index (χ0v) is 14.0. The zero-order valence-electron chi connectivity index (χ0n) is 14.0. The molecule has 0 aliphatic heterocycles. The third-order valence-electron chi connectivity index (χ3n) is 4.42. The maximum atomic E-state index is 10.4. The summed E-state index contributed by atoms with van der Waals surface area (Å²) in [5.74, 6) is 0.761. The Balaban J connectivity index is 2.36. The fourth-order valence-electron chi connectivity index (χ4n) is 2.20. The van der Waals surface area contributed by atoms with E-state index in [0.29, 0.717) is 5.59 Å². The first-order valence-electron chi connectivity index (χ1n) is 7.28. The molecule has 2 N–H and O–H groups in total. The van der Waals surface area contributed by atoms with E-state index in [0.717, 1.165) is 16.7 Å². The molecule has 0 radical (unpaired) electrons. The minimum atomic E-state index is -1.13. The quantitative estimate of drug-likeness (QED) is 0.821. The third-order valence-corrected chi connectivity index (χ3v) is 4.42. The number of aliphatic hydroxyl groups is 1. The van der Waals surface area contributed by atoms with Crippen LogP contribution in [-0.2, 0) is 11.7 Å². The van der Waals surface area contributed by atoms with Crippen molar-refractivity contribution >= 4 is 23.6 Å². The molecule has 0 bridgehead atoms. The van der Waals surface area contributed by atoms with Gasteiger partial charge in [0.25, 0.3) is 0 Å². The van der Waals surface area contributed by atoms with Crippen LogP contribution in [0.25, 0.3) is 10.9 Å².